The van der Waals surface area contributed by atoms with Gasteiger partial charge in [-0.1, -0.05) is 49.3 Å². The lowest BCUT2D eigenvalue weighted by Crippen LogP contribution is -2.15. The minimum Gasteiger partial charge on any atom is -0.398 e. The van der Waals surface area contributed by atoms with Gasteiger partial charge in [-0.15, -0.1) is 11.3 Å². The van der Waals surface area contributed by atoms with Gasteiger partial charge >= 0.3 is 0 Å². The van der Waals surface area contributed by atoms with Gasteiger partial charge in [0.15, 0.2) is 0 Å². The van der Waals surface area contributed by atoms with E-state index in [1.165, 1.54) is 36.6 Å². The number of aromatic nitrogens is 4. The molecule has 5 aromatic rings. The van der Waals surface area contributed by atoms with Crippen LogP contribution >= 0.6 is 46.8 Å². The Kier molecular flexibility index (Phi) is 16.0. The van der Waals surface area contributed by atoms with Crippen LogP contribution in [0.5, 0.6) is 0 Å². The molecule has 0 aliphatic rings. The predicted octanol–water partition coefficient (Wildman–Crippen LogP) is 7.15. The highest BCUT2D eigenvalue weighted by atomic mass is 35.5. The Morgan fingerprint density at radius 1 is 1.00 bits per heavy atom. The Bertz CT molecular complexity index is 1950. The summed E-state index contributed by atoms with van der Waals surface area (Å²) in [7, 11) is 6.52. The first-order chi connectivity index (χ1) is 23.1. The van der Waals surface area contributed by atoms with Crippen LogP contribution in [0.2, 0.25) is 10.0 Å². The normalized spacial score (nSPS) is 10.3. The number of aromatic amines is 1. The number of aldehydes is 1. The van der Waals surface area contributed by atoms with Crippen LogP contribution < -0.4 is 27.4 Å². The maximum Gasteiger partial charge on any atom is 0.261 e. The number of carbonyl (C=O) groups excluding carboxylic acids is 2. The molecule has 0 atom stereocenters. The van der Waals surface area contributed by atoms with Crippen LogP contribution in [0.15, 0.2) is 54.6 Å². The molecule has 0 spiro atoms. The highest BCUT2D eigenvalue weighted by Crippen LogP contribution is 2.37. The van der Waals surface area contributed by atoms with E-state index in [9.17, 15) is 14.0 Å². The standard InChI is InChI=1S/C15H12Cl2N4OS.C14H13FN4OS.C2H6.CH5N/c1-18-13(22)11-6-9-12(8-4-3-7(16)5-10(8)17)20-15(19-2)21-14(9)23-11;1-17-14-18-12(8-2-4-9(15)5-3-8)11(13(21)19-14)10(16)6-7-20;2*1-2/h3-6H,1-2H3,(H,18,22)(H,19,20,21);2-7H,16H2,1H3,(H2,17,18,19,21);1-2H3;2H2,1H3/b;10-6-;;. The summed E-state index contributed by atoms with van der Waals surface area (Å²) >= 11 is 18.8. The fraction of sp³-hybridized carbons (Fsp3) is 0.188. The Labute approximate surface area is 297 Å². The van der Waals surface area contributed by atoms with Crippen molar-refractivity contribution in [3.05, 3.63) is 85.6 Å². The van der Waals surface area contributed by atoms with Crippen molar-refractivity contribution < 1.29 is 14.0 Å². The van der Waals surface area contributed by atoms with Crippen LogP contribution in [0.3, 0.4) is 0 Å². The Morgan fingerprint density at radius 2 is 1.67 bits per heavy atom. The summed E-state index contributed by atoms with van der Waals surface area (Å²) in [6.07, 6.45) is 1.78. The lowest BCUT2D eigenvalue weighted by Gasteiger charge is -2.12. The van der Waals surface area contributed by atoms with Crippen molar-refractivity contribution in [1.29, 1.82) is 0 Å². The lowest BCUT2D eigenvalue weighted by molar-refractivity contribution is -0.104. The van der Waals surface area contributed by atoms with Crippen molar-refractivity contribution in [1.82, 2.24) is 25.3 Å². The van der Waals surface area contributed by atoms with E-state index in [2.05, 4.69) is 41.6 Å². The fourth-order valence-electron chi connectivity index (χ4n) is 4.00. The number of carbonyl (C=O) groups is 2. The first kappa shape index (κ1) is 39.7. The van der Waals surface area contributed by atoms with E-state index in [0.29, 0.717) is 60.5 Å². The van der Waals surface area contributed by atoms with Gasteiger partial charge in [-0.2, -0.15) is 0 Å². The molecule has 0 aliphatic carbocycles. The first-order valence-electron chi connectivity index (χ1n) is 14.3. The van der Waals surface area contributed by atoms with Crippen molar-refractivity contribution in [3.8, 4) is 22.5 Å². The molecule has 16 heteroatoms. The number of nitrogens with one attached hydrogen (secondary N) is 4. The number of anilines is 2. The largest absolute Gasteiger partial charge is 0.398 e. The van der Waals surface area contributed by atoms with Gasteiger partial charge in [0, 0.05) is 48.9 Å². The Hall–Kier alpha value is -4.47. The number of rotatable bonds is 7. The fourth-order valence-corrected chi connectivity index (χ4v) is 5.79. The second-order valence-electron chi connectivity index (χ2n) is 8.83. The zero-order chi connectivity index (χ0) is 36.0. The Morgan fingerprint density at radius 3 is 2.23 bits per heavy atom. The third-order valence-corrected chi connectivity index (χ3v) is 7.95. The number of amides is 1. The molecule has 3 heterocycles. The van der Waals surface area contributed by atoms with Gasteiger partial charge in [-0.3, -0.25) is 9.59 Å². The van der Waals surface area contributed by atoms with E-state index >= 15 is 0 Å². The molecule has 1 amide bonds. The number of benzene rings is 2. The van der Waals surface area contributed by atoms with Crippen LogP contribution in [0, 0.1) is 10.5 Å². The lowest BCUT2D eigenvalue weighted by atomic mass is 10.0. The molecule has 48 heavy (non-hydrogen) atoms. The molecule has 3 aromatic heterocycles. The van der Waals surface area contributed by atoms with Gasteiger partial charge in [0.2, 0.25) is 11.9 Å². The van der Waals surface area contributed by atoms with Crippen molar-refractivity contribution in [2.24, 2.45) is 11.5 Å². The summed E-state index contributed by atoms with van der Waals surface area (Å²) in [6, 6.07) is 12.8. The number of allylic oxidation sites excluding steroid dienone is 1. The Balaban J connectivity index is 0.000000304. The van der Waals surface area contributed by atoms with Gasteiger partial charge in [0.05, 0.1) is 26.9 Å². The summed E-state index contributed by atoms with van der Waals surface area (Å²) in [4.78, 5) is 39.9. The second-order valence-corrected chi connectivity index (χ2v) is 11.1. The molecule has 5 rings (SSSR count). The number of thiophene rings is 1. The van der Waals surface area contributed by atoms with E-state index in [1.54, 1.807) is 51.5 Å². The summed E-state index contributed by atoms with van der Waals surface area (Å²) in [5, 5.41) is 10.2. The SMILES string of the molecule is CC.CN.CNC(=O)c1cc2c(-c3ccc(Cl)cc3Cl)nc(NC)nc2s1.CNc1nc(=S)c(/C(N)=C/C=O)c(-c2ccc(F)cc2)[nH]1. The van der Waals surface area contributed by atoms with E-state index in [-0.39, 0.29) is 22.1 Å². The number of hydrogen-bond acceptors (Lipinski definition) is 11. The molecule has 254 valence electrons. The highest BCUT2D eigenvalue weighted by Gasteiger charge is 2.18. The first-order valence-corrected chi connectivity index (χ1v) is 16.3. The van der Waals surface area contributed by atoms with E-state index in [1.807, 2.05) is 19.9 Å². The number of nitrogens with zero attached hydrogens (tertiary/aromatic N) is 3. The number of fused-ring (bicyclic) bond motifs is 1. The third kappa shape index (κ3) is 9.78. The third-order valence-electron chi connectivity index (χ3n) is 6.08. The van der Waals surface area contributed by atoms with Crippen molar-refractivity contribution in [2.45, 2.75) is 13.8 Å². The van der Waals surface area contributed by atoms with Crippen LogP contribution in [0.25, 0.3) is 38.4 Å². The van der Waals surface area contributed by atoms with Gasteiger partial charge in [-0.25, -0.2) is 19.3 Å². The number of hydrogen-bond donors (Lipinski definition) is 6. The summed E-state index contributed by atoms with van der Waals surface area (Å²) in [6.45, 7) is 4.00. The minimum atomic E-state index is -0.349. The summed E-state index contributed by atoms with van der Waals surface area (Å²) < 4.78 is 13.3. The molecule has 0 radical (unpaired) electrons. The molecule has 2 aromatic carbocycles. The monoisotopic (exact) mass is 731 g/mol. The molecule has 0 saturated carbocycles. The molecule has 0 aliphatic heterocycles. The summed E-state index contributed by atoms with van der Waals surface area (Å²) in [5.74, 6) is 0.399. The molecular weight excluding hydrogens is 696 g/mol. The van der Waals surface area contributed by atoms with Crippen LogP contribution in [-0.4, -0.2) is 60.3 Å². The molecule has 11 nitrogen and oxygen atoms in total. The van der Waals surface area contributed by atoms with Crippen molar-refractivity contribution in [2.75, 3.05) is 38.8 Å². The molecule has 0 bridgehead atoms. The van der Waals surface area contributed by atoms with Crippen LogP contribution in [0.1, 0.15) is 29.1 Å². The predicted molar refractivity (Wildman–Crippen MR) is 200 cm³/mol. The number of nitrogens with two attached hydrogens (primary N) is 2. The smallest absolute Gasteiger partial charge is 0.261 e. The number of halogens is 3. The molecule has 0 saturated heterocycles. The second kappa shape index (κ2) is 19.4. The zero-order valence-corrected chi connectivity index (χ0v) is 30.2. The number of H-pyrrole nitrogens is 1. The van der Waals surface area contributed by atoms with E-state index in [0.717, 1.165) is 10.9 Å². The van der Waals surface area contributed by atoms with E-state index < -0.39 is 0 Å². The van der Waals surface area contributed by atoms with Crippen molar-refractivity contribution in [3.63, 3.8) is 0 Å². The summed E-state index contributed by atoms with van der Waals surface area (Å²) in [5.41, 5.74) is 13.6. The molecule has 0 unspecified atom stereocenters. The maximum absolute atomic E-state index is 13.1. The molecule has 8 N–H and O–H groups in total. The quantitative estimate of drug-likeness (QED) is 0.0572. The van der Waals surface area contributed by atoms with Gasteiger partial charge in [0.25, 0.3) is 5.91 Å². The maximum atomic E-state index is 13.1. The minimum absolute atomic E-state index is 0.160. The zero-order valence-electron chi connectivity index (χ0n) is 27.0. The molecular formula is C32H36Cl2FN9O2S2. The topological polar surface area (TPSA) is 177 Å². The van der Waals surface area contributed by atoms with Crippen LogP contribution in [0.4, 0.5) is 16.3 Å². The van der Waals surface area contributed by atoms with Crippen LogP contribution in [-0.2, 0) is 4.79 Å². The van der Waals surface area contributed by atoms with Crippen molar-refractivity contribution >= 4 is 86.8 Å². The molecule has 0 fully saturated rings. The van der Waals surface area contributed by atoms with Gasteiger partial charge in [-0.05, 0) is 61.1 Å². The van der Waals surface area contributed by atoms with E-state index in [4.69, 9.17) is 41.2 Å². The van der Waals surface area contributed by atoms with Gasteiger partial charge in [0.1, 0.15) is 21.6 Å². The average molecular weight is 733 g/mol. The highest BCUT2D eigenvalue weighted by molar-refractivity contribution is 7.71. The average Bonchev–Trinajstić information content (AvgIpc) is 3.54. The van der Waals surface area contributed by atoms with Gasteiger partial charge < -0.3 is 32.4 Å².